The maximum absolute atomic E-state index is 11.4. The molecular formula is C24H28N2O5. The molecule has 0 saturated carbocycles. The normalized spacial score (nSPS) is 11.4. The van der Waals surface area contributed by atoms with E-state index in [2.05, 4.69) is 10.3 Å². The summed E-state index contributed by atoms with van der Waals surface area (Å²) < 4.78 is 17.0. The number of benzene rings is 2. The van der Waals surface area contributed by atoms with E-state index in [0.717, 1.165) is 28.1 Å². The van der Waals surface area contributed by atoms with Crippen LogP contribution >= 0.6 is 0 Å². The molecule has 0 unspecified atom stereocenters. The number of carboxylic acid groups (broad SMARTS) is 1. The monoisotopic (exact) mass is 424 g/mol. The molecule has 0 fully saturated rings. The Bertz CT molecular complexity index is 1060. The molecule has 0 saturated heterocycles. The standard InChI is InChI=1S/C24H28N2O5/c1-15-11-17(12-20(29-5)21(15)31-24(3,4)23(27)28)13-25-14-19-16(2)30-22(26-19)18-9-7-6-8-10-18/h6-12,25H,13-14H2,1-5H3,(H,27,28). The number of hydrogen-bond acceptors (Lipinski definition) is 6. The van der Waals surface area contributed by atoms with Gasteiger partial charge in [0.05, 0.1) is 12.8 Å². The predicted molar refractivity (Wildman–Crippen MR) is 117 cm³/mol. The van der Waals surface area contributed by atoms with Gasteiger partial charge in [-0.05, 0) is 57.0 Å². The van der Waals surface area contributed by atoms with Crippen LogP contribution < -0.4 is 14.8 Å². The van der Waals surface area contributed by atoms with Crippen molar-refractivity contribution in [2.75, 3.05) is 7.11 Å². The lowest BCUT2D eigenvalue weighted by molar-refractivity contribution is -0.152. The van der Waals surface area contributed by atoms with Crippen molar-refractivity contribution in [2.24, 2.45) is 0 Å². The van der Waals surface area contributed by atoms with Gasteiger partial charge in [-0.2, -0.15) is 0 Å². The molecule has 0 radical (unpaired) electrons. The molecule has 0 amide bonds. The number of aryl methyl sites for hydroxylation is 2. The molecule has 164 valence electrons. The fourth-order valence-corrected chi connectivity index (χ4v) is 3.12. The molecule has 2 aromatic carbocycles. The summed E-state index contributed by atoms with van der Waals surface area (Å²) in [7, 11) is 1.54. The van der Waals surface area contributed by atoms with E-state index in [0.29, 0.717) is 30.5 Å². The van der Waals surface area contributed by atoms with Crippen molar-refractivity contribution in [3.63, 3.8) is 0 Å². The first kappa shape index (κ1) is 22.4. The highest BCUT2D eigenvalue weighted by Crippen LogP contribution is 2.35. The summed E-state index contributed by atoms with van der Waals surface area (Å²) in [6.07, 6.45) is 0. The van der Waals surface area contributed by atoms with Crippen LogP contribution in [-0.2, 0) is 17.9 Å². The summed E-state index contributed by atoms with van der Waals surface area (Å²) in [5.74, 6) is 1.26. The van der Waals surface area contributed by atoms with E-state index in [1.54, 1.807) is 0 Å². The van der Waals surface area contributed by atoms with Crippen LogP contribution in [0.25, 0.3) is 11.5 Å². The quantitative estimate of drug-likeness (QED) is 0.522. The highest BCUT2D eigenvalue weighted by Gasteiger charge is 2.31. The molecule has 3 rings (SSSR count). The molecule has 7 nitrogen and oxygen atoms in total. The first-order valence-electron chi connectivity index (χ1n) is 10.0. The SMILES string of the molecule is COc1cc(CNCc2nc(-c3ccccc3)oc2C)cc(C)c1OC(C)(C)C(=O)O. The van der Waals surface area contributed by atoms with Crippen molar-refractivity contribution in [3.8, 4) is 23.0 Å². The lowest BCUT2D eigenvalue weighted by Crippen LogP contribution is -2.38. The van der Waals surface area contributed by atoms with Gasteiger partial charge in [0.2, 0.25) is 5.89 Å². The van der Waals surface area contributed by atoms with Gasteiger partial charge in [0.1, 0.15) is 5.76 Å². The van der Waals surface area contributed by atoms with Crippen LogP contribution in [0, 0.1) is 13.8 Å². The van der Waals surface area contributed by atoms with Crippen LogP contribution in [-0.4, -0.2) is 28.8 Å². The number of rotatable bonds is 9. The maximum atomic E-state index is 11.4. The molecule has 1 aromatic heterocycles. The van der Waals surface area contributed by atoms with Gasteiger partial charge >= 0.3 is 5.97 Å². The Morgan fingerprint density at radius 1 is 1.16 bits per heavy atom. The van der Waals surface area contributed by atoms with E-state index >= 15 is 0 Å². The summed E-state index contributed by atoms with van der Waals surface area (Å²) in [4.78, 5) is 16.0. The molecule has 0 bridgehead atoms. The average Bonchev–Trinajstić information content (AvgIpc) is 3.11. The molecule has 0 aliphatic heterocycles. The topological polar surface area (TPSA) is 93.8 Å². The fourth-order valence-electron chi connectivity index (χ4n) is 3.12. The Morgan fingerprint density at radius 2 is 1.87 bits per heavy atom. The highest BCUT2D eigenvalue weighted by atomic mass is 16.5. The van der Waals surface area contributed by atoms with Gasteiger partial charge in [0.15, 0.2) is 17.1 Å². The molecular weight excluding hydrogens is 396 g/mol. The minimum absolute atomic E-state index is 0.429. The Morgan fingerprint density at radius 3 is 2.52 bits per heavy atom. The van der Waals surface area contributed by atoms with Gasteiger partial charge in [0.25, 0.3) is 0 Å². The summed E-state index contributed by atoms with van der Waals surface area (Å²) in [6, 6.07) is 13.6. The molecule has 2 N–H and O–H groups in total. The first-order valence-corrected chi connectivity index (χ1v) is 10.0. The summed E-state index contributed by atoms with van der Waals surface area (Å²) in [5, 5.41) is 12.7. The minimum Gasteiger partial charge on any atom is -0.493 e. The van der Waals surface area contributed by atoms with E-state index in [1.807, 2.05) is 56.3 Å². The number of methoxy groups -OCH3 is 1. The molecule has 1 heterocycles. The van der Waals surface area contributed by atoms with E-state index in [1.165, 1.54) is 21.0 Å². The molecule has 0 aliphatic rings. The van der Waals surface area contributed by atoms with E-state index < -0.39 is 11.6 Å². The van der Waals surface area contributed by atoms with Gasteiger partial charge in [-0.1, -0.05) is 24.3 Å². The number of nitrogens with zero attached hydrogens (tertiary/aromatic N) is 1. The molecule has 0 atom stereocenters. The smallest absolute Gasteiger partial charge is 0.347 e. The van der Waals surface area contributed by atoms with Crippen molar-refractivity contribution in [1.29, 1.82) is 0 Å². The number of hydrogen-bond donors (Lipinski definition) is 2. The van der Waals surface area contributed by atoms with Crippen molar-refractivity contribution in [2.45, 2.75) is 46.4 Å². The number of ether oxygens (including phenoxy) is 2. The van der Waals surface area contributed by atoms with Crippen molar-refractivity contribution in [3.05, 3.63) is 65.0 Å². The third kappa shape index (κ3) is 5.24. The maximum Gasteiger partial charge on any atom is 0.347 e. The fraction of sp³-hybridized carbons (Fsp3) is 0.333. The molecule has 7 heteroatoms. The van der Waals surface area contributed by atoms with E-state index in [9.17, 15) is 9.90 Å². The van der Waals surface area contributed by atoms with Gasteiger partial charge in [-0.3, -0.25) is 0 Å². The summed E-state index contributed by atoms with van der Waals surface area (Å²) >= 11 is 0. The Balaban J connectivity index is 1.69. The zero-order valence-corrected chi connectivity index (χ0v) is 18.5. The number of carboxylic acids is 1. The van der Waals surface area contributed by atoms with Crippen LogP contribution in [0.2, 0.25) is 0 Å². The minimum atomic E-state index is -1.36. The van der Waals surface area contributed by atoms with Crippen LogP contribution in [0.4, 0.5) is 0 Å². The molecule has 0 aliphatic carbocycles. The molecule has 3 aromatic rings. The summed E-state index contributed by atoms with van der Waals surface area (Å²) in [5.41, 5.74) is 2.22. The zero-order chi connectivity index (χ0) is 22.6. The van der Waals surface area contributed by atoms with Crippen LogP contribution in [0.5, 0.6) is 11.5 Å². The summed E-state index contributed by atoms with van der Waals surface area (Å²) in [6.45, 7) is 7.91. The third-order valence-electron chi connectivity index (χ3n) is 4.93. The zero-order valence-electron chi connectivity index (χ0n) is 18.5. The molecule has 31 heavy (non-hydrogen) atoms. The number of oxazole rings is 1. The average molecular weight is 424 g/mol. The van der Waals surface area contributed by atoms with Crippen molar-refractivity contribution >= 4 is 5.97 Å². The number of carbonyl (C=O) groups is 1. The predicted octanol–water partition coefficient (Wildman–Crippen LogP) is 4.50. The van der Waals surface area contributed by atoms with Gasteiger partial charge in [-0.15, -0.1) is 0 Å². The van der Waals surface area contributed by atoms with E-state index in [-0.39, 0.29) is 0 Å². The molecule has 0 spiro atoms. The van der Waals surface area contributed by atoms with Gasteiger partial charge in [0, 0.05) is 18.7 Å². The Kier molecular flexibility index (Phi) is 6.65. The lowest BCUT2D eigenvalue weighted by atomic mass is 10.1. The second-order valence-corrected chi connectivity index (χ2v) is 7.85. The largest absolute Gasteiger partial charge is 0.493 e. The van der Waals surface area contributed by atoms with Crippen LogP contribution in [0.3, 0.4) is 0 Å². The second-order valence-electron chi connectivity index (χ2n) is 7.85. The van der Waals surface area contributed by atoms with Crippen molar-refractivity contribution in [1.82, 2.24) is 10.3 Å². The number of nitrogens with one attached hydrogen (secondary N) is 1. The van der Waals surface area contributed by atoms with Gasteiger partial charge in [-0.25, -0.2) is 9.78 Å². The first-order chi connectivity index (χ1) is 14.7. The Hall–Kier alpha value is -3.32. The van der Waals surface area contributed by atoms with Crippen LogP contribution in [0.15, 0.2) is 46.9 Å². The van der Waals surface area contributed by atoms with Crippen molar-refractivity contribution < 1.29 is 23.8 Å². The second kappa shape index (κ2) is 9.22. The van der Waals surface area contributed by atoms with Gasteiger partial charge < -0.3 is 24.3 Å². The number of aromatic nitrogens is 1. The number of aliphatic carboxylic acids is 1. The van der Waals surface area contributed by atoms with Crippen LogP contribution in [0.1, 0.15) is 36.4 Å². The lowest BCUT2D eigenvalue weighted by Gasteiger charge is -2.24. The van der Waals surface area contributed by atoms with E-state index in [4.69, 9.17) is 13.9 Å². The highest BCUT2D eigenvalue weighted by molar-refractivity contribution is 5.77. The third-order valence-corrected chi connectivity index (χ3v) is 4.93. The Labute approximate surface area is 182 Å².